The molecule has 1 aliphatic carbocycles. The van der Waals surface area contributed by atoms with Crippen LogP contribution in [0.25, 0.3) is 0 Å². The zero-order valence-electron chi connectivity index (χ0n) is 7.71. The quantitative estimate of drug-likeness (QED) is 0.661. The van der Waals surface area contributed by atoms with E-state index in [-0.39, 0.29) is 0 Å². The fourth-order valence-corrected chi connectivity index (χ4v) is 1.76. The van der Waals surface area contributed by atoms with Crippen molar-refractivity contribution in [3.05, 3.63) is 0 Å². The Hall–Kier alpha value is -1.06. The molecule has 0 saturated heterocycles. The van der Waals surface area contributed by atoms with Crippen LogP contribution >= 0.6 is 0 Å². The standard InChI is InChI=1S/C9H14O4/c1-7(10)13-9(8(11)12)5-3-2-4-6-9/h2-6H2,1H3,(H,11,12). The number of hydrogen-bond acceptors (Lipinski definition) is 3. The lowest BCUT2D eigenvalue weighted by Gasteiger charge is -2.32. The fourth-order valence-electron chi connectivity index (χ4n) is 1.76. The molecule has 1 saturated carbocycles. The van der Waals surface area contributed by atoms with Crippen molar-refractivity contribution in [1.29, 1.82) is 0 Å². The van der Waals surface area contributed by atoms with Gasteiger partial charge in [0.1, 0.15) is 0 Å². The van der Waals surface area contributed by atoms with E-state index in [2.05, 4.69) is 0 Å². The van der Waals surface area contributed by atoms with Gasteiger partial charge in [0.2, 0.25) is 5.60 Å². The highest BCUT2D eigenvalue weighted by Gasteiger charge is 2.42. The largest absolute Gasteiger partial charge is 0.478 e. The molecule has 0 unspecified atom stereocenters. The van der Waals surface area contributed by atoms with Gasteiger partial charge < -0.3 is 9.84 Å². The van der Waals surface area contributed by atoms with E-state index in [1.54, 1.807) is 0 Å². The smallest absolute Gasteiger partial charge is 0.348 e. The summed E-state index contributed by atoms with van der Waals surface area (Å²) in [7, 11) is 0. The first-order chi connectivity index (χ1) is 6.07. The van der Waals surface area contributed by atoms with Crippen molar-refractivity contribution in [3.8, 4) is 0 Å². The highest BCUT2D eigenvalue weighted by Crippen LogP contribution is 2.31. The molecule has 0 aromatic rings. The first kappa shape index (κ1) is 10.0. The maximum Gasteiger partial charge on any atom is 0.348 e. The van der Waals surface area contributed by atoms with Gasteiger partial charge in [-0.3, -0.25) is 4.79 Å². The second-order valence-electron chi connectivity index (χ2n) is 3.45. The number of ether oxygens (including phenoxy) is 1. The van der Waals surface area contributed by atoms with Gasteiger partial charge in [-0.15, -0.1) is 0 Å². The number of rotatable bonds is 2. The van der Waals surface area contributed by atoms with Crippen molar-refractivity contribution in [2.45, 2.75) is 44.6 Å². The average molecular weight is 186 g/mol. The summed E-state index contributed by atoms with van der Waals surface area (Å²) in [5, 5.41) is 8.96. The van der Waals surface area contributed by atoms with Gasteiger partial charge in [0.05, 0.1) is 0 Å². The van der Waals surface area contributed by atoms with E-state index >= 15 is 0 Å². The average Bonchev–Trinajstić information content (AvgIpc) is 2.04. The summed E-state index contributed by atoms with van der Waals surface area (Å²) >= 11 is 0. The van der Waals surface area contributed by atoms with E-state index in [0.29, 0.717) is 12.8 Å². The van der Waals surface area contributed by atoms with Crippen LogP contribution in [-0.4, -0.2) is 22.6 Å². The highest BCUT2D eigenvalue weighted by atomic mass is 16.6. The molecule has 0 aromatic heterocycles. The number of carboxylic acids is 1. The van der Waals surface area contributed by atoms with Crippen LogP contribution in [0, 0.1) is 0 Å². The van der Waals surface area contributed by atoms with Crippen molar-refractivity contribution < 1.29 is 19.4 Å². The number of hydrogen-bond donors (Lipinski definition) is 1. The van der Waals surface area contributed by atoms with Gasteiger partial charge in [0.15, 0.2) is 0 Å². The van der Waals surface area contributed by atoms with Crippen LogP contribution in [0.15, 0.2) is 0 Å². The maximum atomic E-state index is 10.9. The van der Waals surface area contributed by atoms with E-state index in [1.807, 2.05) is 0 Å². The van der Waals surface area contributed by atoms with E-state index in [4.69, 9.17) is 9.84 Å². The molecule has 0 radical (unpaired) electrons. The molecule has 4 nitrogen and oxygen atoms in total. The lowest BCUT2D eigenvalue weighted by atomic mass is 9.85. The van der Waals surface area contributed by atoms with Gasteiger partial charge in [-0.2, -0.15) is 0 Å². The van der Waals surface area contributed by atoms with Crippen molar-refractivity contribution in [1.82, 2.24) is 0 Å². The highest BCUT2D eigenvalue weighted by molar-refractivity contribution is 5.81. The summed E-state index contributed by atoms with van der Waals surface area (Å²) in [6, 6.07) is 0. The van der Waals surface area contributed by atoms with E-state index < -0.39 is 17.5 Å². The Morgan fingerprint density at radius 3 is 2.15 bits per heavy atom. The molecule has 0 aliphatic heterocycles. The van der Waals surface area contributed by atoms with Crippen LogP contribution in [-0.2, 0) is 14.3 Å². The van der Waals surface area contributed by atoms with Crippen LogP contribution in [0.3, 0.4) is 0 Å². The van der Waals surface area contributed by atoms with Gasteiger partial charge in [-0.1, -0.05) is 6.42 Å². The van der Waals surface area contributed by atoms with E-state index in [9.17, 15) is 9.59 Å². The molecule has 4 heteroatoms. The third-order valence-electron chi connectivity index (χ3n) is 2.39. The summed E-state index contributed by atoms with van der Waals surface area (Å²) in [6.45, 7) is 1.25. The SMILES string of the molecule is CC(=O)OC1(C(=O)O)CCCCC1. The van der Waals surface area contributed by atoms with Crippen LogP contribution in [0.5, 0.6) is 0 Å². The molecule has 74 valence electrons. The minimum absolute atomic E-state index is 0.446. The molecule has 0 aromatic carbocycles. The second kappa shape index (κ2) is 3.77. The molecule has 0 amide bonds. The zero-order valence-corrected chi connectivity index (χ0v) is 7.71. The molecule has 1 fully saturated rings. The molecule has 0 heterocycles. The van der Waals surface area contributed by atoms with Gasteiger partial charge in [0, 0.05) is 6.92 Å². The molecule has 0 atom stereocenters. The summed E-state index contributed by atoms with van der Waals surface area (Å²) in [4.78, 5) is 21.7. The van der Waals surface area contributed by atoms with E-state index in [0.717, 1.165) is 19.3 Å². The minimum Gasteiger partial charge on any atom is -0.478 e. The van der Waals surface area contributed by atoms with Crippen LogP contribution in [0.1, 0.15) is 39.0 Å². The Morgan fingerprint density at radius 2 is 1.77 bits per heavy atom. The molecule has 1 rings (SSSR count). The Bertz CT molecular complexity index is 216. The predicted octanol–water partition coefficient (Wildman–Crippen LogP) is 1.34. The minimum atomic E-state index is -1.23. The predicted molar refractivity (Wildman–Crippen MR) is 45.2 cm³/mol. The zero-order chi connectivity index (χ0) is 9.90. The molecular weight excluding hydrogens is 172 g/mol. The number of carbonyl (C=O) groups is 2. The van der Waals surface area contributed by atoms with Gasteiger partial charge in [0.25, 0.3) is 0 Å². The molecule has 0 bridgehead atoms. The van der Waals surface area contributed by atoms with Crippen LogP contribution in [0.2, 0.25) is 0 Å². The Morgan fingerprint density at radius 1 is 1.23 bits per heavy atom. The Labute approximate surface area is 76.9 Å². The summed E-state index contributed by atoms with van der Waals surface area (Å²) in [5.41, 5.74) is -1.23. The van der Waals surface area contributed by atoms with Crippen molar-refractivity contribution >= 4 is 11.9 Å². The van der Waals surface area contributed by atoms with Crippen LogP contribution in [0.4, 0.5) is 0 Å². The lowest BCUT2D eigenvalue weighted by molar-refractivity contribution is -0.181. The first-order valence-electron chi connectivity index (χ1n) is 4.50. The molecule has 13 heavy (non-hydrogen) atoms. The summed E-state index contributed by atoms with van der Waals surface area (Å²) in [5.74, 6) is -1.52. The monoisotopic (exact) mass is 186 g/mol. The summed E-state index contributed by atoms with van der Waals surface area (Å²) < 4.78 is 4.90. The second-order valence-corrected chi connectivity index (χ2v) is 3.45. The normalized spacial score (nSPS) is 20.7. The third-order valence-corrected chi connectivity index (χ3v) is 2.39. The first-order valence-corrected chi connectivity index (χ1v) is 4.50. The van der Waals surface area contributed by atoms with Crippen LogP contribution < -0.4 is 0 Å². The third kappa shape index (κ3) is 2.20. The van der Waals surface area contributed by atoms with Crippen molar-refractivity contribution in [2.75, 3.05) is 0 Å². The number of esters is 1. The molecule has 1 N–H and O–H groups in total. The van der Waals surface area contributed by atoms with Gasteiger partial charge in [-0.25, -0.2) is 4.79 Å². The fraction of sp³-hybridized carbons (Fsp3) is 0.778. The maximum absolute atomic E-state index is 10.9. The topological polar surface area (TPSA) is 63.6 Å². The molecule has 1 aliphatic rings. The van der Waals surface area contributed by atoms with Gasteiger partial charge >= 0.3 is 11.9 Å². The summed E-state index contributed by atoms with van der Waals surface area (Å²) in [6.07, 6.45) is 3.55. The van der Waals surface area contributed by atoms with Gasteiger partial charge in [-0.05, 0) is 25.7 Å². The number of aliphatic carboxylic acids is 1. The van der Waals surface area contributed by atoms with Crippen molar-refractivity contribution in [3.63, 3.8) is 0 Å². The van der Waals surface area contributed by atoms with E-state index in [1.165, 1.54) is 6.92 Å². The number of carboxylic acid groups (broad SMARTS) is 1. The lowest BCUT2D eigenvalue weighted by Crippen LogP contribution is -2.44. The van der Waals surface area contributed by atoms with Crippen molar-refractivity contribution in [2.24, 2.45) is 0 Å². The Kier molecular flexibility index (Phi) is 2.90. The Balaban J connectivity index is 2.73. The number of carbonyl (C=O) groups excluding carboxylic acids is 1. The molecular formula is C9H14O4. The molecule has 0 spiro atoms.